The van der Waals surface area contributed by atoms with Crippen LogP contribution in [0.1, 0.15) is 22.5 Å². The van der Waals surface area contributed by atoms with Crippen LogP contribution in [0.2, 0.25) is 0 Å². The second-order valence-electron chi connectivity index (χ2n) is 4.49. The fourth-order valence-corrected chi connectivity index (χ4v) is 1.92. The number of hydrogen-bond acceptors (Lipinski definition) is 5. The van der Waals surface area contributed by atoms with E-state index in [-0.39, 0.29) is 6.61 Å². The topological polar surface area (TPSA) is 75.4 Å². The van der Waals surface area contributed by atoms with Gasteiger partial charge in [0.1, 0.15) is 29.9 Å². The Kier molecular flexibility index (Phi) is 4.75. The highest BCUT2D eigenvalue weighted by molar-refractivity contribution is 5.45. The molecule has 108 valence electrons. The second-order valence-corrected chi connectivity index (χ2v) is 4.49. The summed E-state index contributed by atoms with van der Waals surface area (Å²) in [7, 11) is 1.52. The van der Waals surface area contributed by atoms with E-state index in [2.05, 4.69) is 11.1 Å². The van der Waals surface area contributed by atoms with Crippen LogP contribution in [0.4, 0.5) is 0 Å². The van der Waals surface area contributed by atoms with Crippen LogP contribution in [0.25, 0.3) is 0 Å². The van der Waals surface area contributed by atoms with Gasteiger partial charge in [-0.15, -0.1) is 0 Å². The molecule has 2 aromatic rings. The third kappa shape index (κ3) is 3.50. The number of hydrogen-bond donors (Lipinski definition) is 1. The average molecular weight is 284 g/mol. The summed E-state index contributed by atoms with van der Waals surface area (Å²) < 4.78 is 10.8. The van der Waals surface area contributed by atoms with E-state index < -0.39 is 0 Å². The van der Waals surface area contributed by atoms with E-state index in [1.807, 2.05) is 13.0 Å². The molecular weight excluding hydrogens is 268 g/mol. The Labute approximate surface area is 123 Å². The Balaban J connectivity index is 2.15. The van der Waals surface area contributed by atoms with Gasteiger partial charge in [0.25, 0.3) is 0 Å². The first kappa shape index (κ1) is 14.8. The molecular formula is C16H16N2O3. The standard InChI is InChI=1S/C16H16N2O3/c1-11-3-6-15(14(9-19)18-11)21-10-12-4-5-13(8-17)16(7-12)20-2/h3-7,19H,9-10H2,1-2H3. The Morgan fingerprint density at radius 3 is 2.71 bits per heavy atom. The highest BCUT2D eigenvalue weighted by atomic mass is 16.5. The molecule has 0 fully saturated rings. The molecule has 0 amide bonds. The number of ether oxygens (including phenoxy) is 2. The number of aryl methyl sites for hydroxylation is 1. The van der Waals surface area contributed by atoms with Crippen LogP contribution in [-0.4, -0.2) is 17.2 Å². The van der Waals surface area contributed by atoms with E-state index >= 15 is 0 Å². The maximum Gasteiger partial charge on any atom is 0.143 e. The molecule has 0 saturated carbocycles. The summed E-state index contributed by atoms with van der Waals surface area (Å²) in [5.74, 6) is 1.06. The van der Waals surface area contributed by atoms with Gasteiger partial charge in [0.2, 0.25) is 0 Å². The molecule has 5 heteroatoms. The van der Waals surface area contributed by atoms with Crippen molar-refractivity contribution < 1.29 is 14.6 Å². The molecule has 21 heavy (non-hydrogen) atoms. The Morgan fingerprint density at radius 1 is 1.24 bits per heavy atom. The number of rotatable bonds is 5. The summed E-state index contributed by atoms with van der Waals surface area (Å²) in [6, 6.07) is 10.9. The summed E-state index contributed by atoms with van der Waals surface area (Å²) in [4.78, 5) is 4.22. The second kappa shape index (κ2) is 6.73. The van der Waals surface area contributed by atoms with E-state index in [9.17, 15) is 5.11 Å². The van der Waals surface area contributed by atoms with Crippen molar-refractivity contribution in [1.82, 2.24) is 4.98 Å². The first-order valence-corrected chi connectivity index (χ1v) is 6.45. The average Bonchev–Trinajstić information content (AvgIpc) is 2.53. The van der Waals surface area contributed by atoms with Crippen LogP contribution in [0.15, 0.2) is 30.3 Å². The molecule has 0 bridgehead atoms. The van der Waals surface area contributed by atoms with Gasteiger partial charge in [-0.25, -0.2) is 0 Å². The zero-order valence-electron chi connectivity index (χ0n) is 12.0. The Hall–Kier alpha value is -2.58. The first-order chi connectivity index (χ1) is 10.2. The molecule has 1 heterocycles. The minimum absolute atomic E-state index is 0.173. The number of aliphatic hydroxyl groups is 1. The lowest BCUT2D eigenvalue weighted by molar-refractivity contribution is 0.253. The fourth-order valence-electron chi connectivity index (χ4n) is 1.92. The molecule has 0 spiro atoms. The maximum absolute atomic E-state index is 9.29. The number of benzene rings is 1. The maximum atomic E-state index is 9.29. The zero-order chi connectivity index (χ0) is 15.2. The highest BCUT2D eigenvalue weighted by Crippen LogP contribution is 2.22. The van der Waals surface area contributed by atoms with Gasteiger partial charge in [-0.1, -0.05) is 6.07 Å². The summed E-state index contributed by atoms with van der Waals surface area (Å²) in [5, 5.41) is 18.2. The van der Waals surface area contributed by atoms with E-state index in [4.69, 9.17) is 14.7 Å². The molecule has 0 aliphatic rings. The van der Waals surface area contributed by atoms with Gasteiger partial charge in [0.15, 0.2) is 0 Å². The van der Waals surface area contributed by atoms with Crippen molar-refractivity contribution in [3.63, 3.8) is 0 Å². The summed E-state index contributed by atoms with van der Waals surface area (Å²) >= 11 is 0. The molecule has 1 aromatic carbocycles. The molecule has 1 N–H and O–H groups in total. The lowest BCUT2D eigenvalue weighted by Crippen LogP contribution is -2.02. The van der Waals surface area contributed by atoms with Crippen molar-refractivity contribution in [2.75, 3.05) is 7.11 Å². The third-order valence-electron chi connectivity index (χ3n) is 3.00. The molecule has 1 aromatic heterocycles. The minimum Gasteiger partial charge on any atom is -0.495 e. The van der Waals surface area contributed by atoms with E-state index in [1.54, 1.807) is 24.3 Å². The summed E-state index contributed by atoms with van der Waals surface area (Å²) in [6.07, 6.45) is 0. The van der Waals surface area contributed by atoms with Crippen molar-refractivity contribution in [3.8, 4) is 17.6 Å². The number of nitrogens with zero attached hydrogens (tertiary/aromatic N) is 2. The predicted octanol–water partition coefficient (Wildman–Crippen LogP) is 2.34. The molecule has 2 rings (SSSR count). The summed E-state index contributed by atoms with van der Waals surface area (Å²) in [6.45, 7) is 1.99. The Morgan fingerprint density at radius 2 is 2.05 bits per heavy atom. The largest absolute Gasteiger partial charge is 0.495 e. The van der Waals surface area contributed by atoms with Crippen LogP contribution in [0.5, 0.6) is 11.5 Å². The molecule has 0 aliphatic heterocycles. The van der Waals surface area contributed by atoms with Crippen molar-refractivity contribution in [1.29, 1.82) is 5.26 Å². The van der Waals surface area contributed by atoms with Gasteiger partial charge in [-0.3, -0.25) is 4.98 Å². The van der Waals surface area contributed by atoms with Crippen LogP contribution < -0.4 is 9.47 Å². The van der Waals surface area contributed by atoms with Crippen LogP contribution in [0, 0.1) is 18.3 Å². The minimum atomic E-state index is -0.173. The van der Waals surface area contributed by atoms with Gasteiger partial charge in [0.05, 0.1) is 19.3 Å². The zero-order valence-corrected chi connectivity index (χ0v) is 12.0. The summed E-state index contributed by atoms with van der Waals surface area (Å²) in [5.41, 5.74) is 2.69. The molecule has 0 saturated heterocycles. The van der Waals surface area contributed by atoms with E-state index in [1.165, 1.54) is 7.11 Å². The quantitative estimate of drug-likeness (QED) is 0.912. The van der Waals surface area contributed by atoms with Crippen LogP contribution in [-0.2, 0) is 13.2 Å². The normalized spacial score (nSPS) is 10.0. The van der Waals surface area contributed by atoms with Gasteiger partial charge < -0.3 is 14.6 Å². The van der Waals surface area contributed by atoms with Gasteiger partial charge in [-0.05, 0) is 36.8 Å². The monoisotopic (exact) mass is 284 g/mol. The number of aliphatic hydroxyl groups excluding tert-OH is 1. The van der Waals surface area contributed by atoms with Crippen molar-refractivity contribution in [2.24, 2.45) is 0 Å². The lowest BCUT2D eigenvalue weighted by atomic mass is 10.1. The Bertz CT molecular complexity index is 678. The van der Waals surface area contributed by atoms with Gasteiger partial charge in [0, 0.05) is 5.69 Å². The number of aromatic nitrogens is 1. The fraction of sp³-hybridized carbons (Fsp3) is 0.250. The number of pyridine rings is 1. The van der Waals surface area contributed by atoms with Crippen LogP contribution in [0.3, 0.4) is 0 Å². The van der Waals surface area contributed by atoms with Crippen molar-refractivity contribution in [3.05, 3.63) is 52.8 Å². The van der Waals surface area contributed by atoms with E-state index in [0.717, 1.165) is 11.3 Å². The lowest BCUT2D eigenvalue weighted by Gasteiger charge is -2.11. The molecule has 5 nitrogen and oxygen atoms in total. The van der Waals surface area contributed by atoms with Crippen molar-refractivity contribution >= 4 is 0 Å². The predicted molar refractivity (Wildman–Crippen MR) is 76.9 cm³/mol. The van der Waals surface area contributed by atoms with Gasteiger partial charge >= 0.3 is 0 Å². The van der Waals surface area contributed by atoms with Crippen LogP contribution >= 0.6 is 0 Å². The molecule has 0 unspecified atom stereocenters. The molecule has 0 atom stereocenters. The molecule has 0 aliphatic carbocycles. The SMILES string of the molecule is COc1cc(COc2ccc(C)nc2CO)ccc1C#N. The van der Waals surface area contributed by atoms with Crippen molar-refractivity contribution in [2.45, 2.75) is 20.1 Å². The first-order valence-electron chi connectivity index (χ1n) is 6.45. The van der Waals surface area contributed by atoms with Gasteiger partial charge in [-0.2, -0.15) is 5.26 Å². The third-order valence-corrected chi connectivity index (χ3v) is 3.00. The number of methoxy groups -OCH3 is 1. The number of nitriles is 1. The van der Waals surface area contributed by atoms with E-state index in [0.29, 0.717) is 29.4 Å². The highest BCUT2D eigenvalue weighted by Gasteiger charge is 2.07. The smallest absolute Gasteiger partial charge is 0.143 e. The molecule has 0 radical (unpaired) electrons.